The second-order valence-electron chi connectivity index (χ2n) is 11.1. The molecule has 1 aliphatic heterocycles. The zero-order valence-electron chi connectivity index (χ0n) is 22.3. The maximum Gasteiger partial charge on any atom is 0.211 e. The molecule has 2 atom stereocenters. The summed E-state index contributed by atoms with van der Waals surface area (Å²) in [7, 11) is 0. The van der Waals surface area contributed by atoms with Crippen LogP contribution >= 0.6 is 34.8 Å². The first-order chi connectivity index (χ1) is 17.5. The Labute approximate surface area is 237 Å². The molecule has 2 aliphatic rings. The highest BCUT2D eigenvalue weighted by Gasteiger charge is 2.33. The molecule has 2 fully saturated rings. The number of carbonyl (C=O) groups excluding carboxylic acids is 2. The summed E-state index contributed by atoms with van der Waals surface area (Å²) in [6, 6.07) is 11.7. The van der Waals surface area contributed by atoms with E-state index < -0.39 is 0 Å². The van der Waals surface area contributed by atoms with Crippen LogP contribution in [0.15, 0.2) is 36.4 Å². The topological polar surface area (TPSA) is 70.2 Å². The molecule has 2 aromatic rings. The van der Waals surface area contributed by atoms with Crippen LogP contribution in [-0.4, -0.2) is 32.0 Å². The Kier molecular flexibility index (Phi) is 13.2. The third-order valence-electron chi connectivity index (χ3n) is 6.13. The summed E-state index contributed by atoms with van der Waals surface area (Å²) in [4.78, 5) is 20.9. The standard InChI is InChI=1S/C17H15Cl3N2O.C7H13NO.C5H12/c18-10-4-5-11(16(6-10)22-9-23)13-7-21-8-14(13)12-2-1-3-15(19)17(12)20;9-6-8-7-4-2-1-3-5-7;1-5(2,3)4/h1-6,9,13-14,21H,7-8H2,(H,22,23);6-7H,1-5H2,(H,8,9);1-4H3. The van der Waals surface area contributed by atoms with Gasteiger partial charge >= 0.3 is 0 Å². The van der Waals surface area contributed by atoms with E-state index in [2.05, 4.69) is 43.6 Å². The molecular formula is C29H40Cl3N3O2. The molecule has 1 saturated carbocycles. The summed E-state index contributed by atoms with van der Waals surface area (Å²) < 4.78 is 0. The van der Waals surface area contributed by atoms with Crippen molar-refractivity contribution in [3.8, 4) is 0 Å². The van der Waals surface area contributed by atoms with Gasteiger partial charge in [-0.15, -0.1) is 0 Å². The maximum atomic E-state index is 10.9. The summed E-state index contributed by atoms with van der Waals surface area (Å²) in [5.74, 6) is 0.347. The number of rotatable bonds is 6. The van der Waals surface area contributed by atoms with E-state index in [1.165, 1.54) is 32.1 Å². The molecule has 2 unspecified atom stereocenters. The summed E-state index contributed by atoms with van der Waals surface area (Å²) >= 11 is 18.6. The average Bonchev–Trinajstić information content (AvgIpc) is 3.31. The maximum absolute atomic E-state index is 10.9. The van der Waals surface area contributed by atoms with Crippen molar-refractivity contribution in [2.45, 2.75) is 77.7 Å². The Hall–Kier alpha value is -1.79. The van der Waals surface area contributed by atoms with Crippen LogP contribution in [0.4, 0.5) is 5.69 Å². The van der Waals surface area contributed by atoms with Gasteiger partial charge in [0.2, 0.25) is 12.8 Å². The molecule has 0 aromatic heterocycles. The van der Waals surface area contributed by atoms with Crippen LogP contribution in [0, 0.1) is 5.41 Å². The first kappa shape index (κ1) is 31.4. The first-order valence-electron chi connectivity index (χ1n) is 12.9. The van der Waals surface area contributed by atoms with Gasteiger partial charge < -0.3 is 16.0 Å². The van der Waals surface area contributed by atoms with E-state index in [0.717, 1.165) is 36.3 Å². The molecule has 1 aliphatic carbocycles. The molecular weight excluding hydrogens is 529 g/mol. The van der Waals surface area contributed by atoms with Crippen molar-refractivity contribution in [1.29, 1.82) is 0 Å². The molecule has 1 saturated heterocycles. The molecule has 204 valence electrons. The monoisotopic (exact) mass is 567 g/mol. The highest BCUT2D eigenvalue weighted by Crippen LogP contribution is 2.43. The first-order valence-corrected chi connectivity index (χ1v) is 14.0. The lowest BCUT2D eigenvalue weighted by molar-refractivity contribution is -0.110. The Morgan fingerprint density at radius 3 is 2.08 bits per heavy atom. The fraction of sp³-hybridized carbons (Fsp3) is 0.517. The van der Waals surface area contributed by atoms with E-state index in [-0.39, 0.29) is 11.8 Å². The highest BCUT2D eigenvalue weighted by atomic mass is 35.5. The van der Waals surface area contributed by atoms with Gasteiger partial charge in [-0.25, -0.2) is 0 Å². The van der Waals surface area contributed by atoms with Crippen LogP contribution in [0.25, 0.3) is 0 Å². The lowest BCUT2D eigenvalue weighted by atomic mass is 9.83. The molecule has 4 rings (SSSR count). The predicted molar refractivity (Wildman–Crippen MR) is 157 cm³/mol. The van der Waals surface area contributed by atoms with Crippen molar-refractivity contribution in [2.24, 2.45) is 5.41 Å². The lowest BCUT2D eigenvalue weighted by Gasteiger charge is -2.23. The molecule has 5 nitrogen and oxygen atoms in total. The minimum Gasteiger partial charge on any atom is -0.356 e. The third-order valence-corrected chi connectivity index (χ3v) is 7.20. The highest BCUT2D eigenvalue weighted by molar-refractivity contribution is 6.42. The van der Waals surface area contributed by atoms with Gasteiger partial charge in [0.05, 0.1) is 10.0 Å². The van der Waals surface area contributed by atoms with E-state index in [0.29, 0.717) is 32.9 Å². The third kappa shape index (κ3) is 10.8. The van der Waals surface area contributed by atoms with Gasteiger partial charge in [0.1, 0.15) is 0 Å². The van der Waals surface area contributed by atoms with Crippen LogP contribution in [0.1, 0.15) is 82.8 Å². The minimum absolute atomic E-state index is 0.172. The number of nitrogens with one attached hydrogen (secondary N) is 3. The number of carbonyl (C=O) groups is 2. The molecule has 0 bridgehead atoms. The van der Waals surface area contributed by atoms with E-state index in [4.69, 9.17) is 34.8 Å². The van der Waals surface area contributed by atoms with Crippen LogP contribution in [-0.2, 0) is 9.59 Å². The van der Waals surface area contributed by atoms with Gasteiger partial charge in [-0.1, -0.05) is 100.0 Å². The molecule has 0 spiro atoms. The fourth-order valence-corrected chi connectivity index (χ4v) is 5.16. The Morgan fingerprint density at radius 1 is 0.865 bits per heavy atom. The minimum atomic E-state index is 0.172. The average molecular weight is 569 g/mol. The summed E-state index contributed by atoms with van der Waals surface area (Å²) in [5.41, 5.74) is 3.28. The zero-order valence-corrected chi connectivity index (χ0v) is 24.5. The summed E-state index contributed by atoms with van der Waals surface area (Å²) in [6.45, 7) is 10.3. The lowest BCUT2D eigenvalue weighted by Crippen LogP contribution is -2.29. The number of benzene rings is 2. The quantitative estimate of drug-likeness (QED) is 0.311. The molecule has 1 heterocycles. The number of hydrogen-bond acceptors (Lipinski definition) is 3. The summed E-state index contributed by atoms with van der Waals surface area (Å²) in [6.07, 6.45) is 7.75. The van der Waals surface area contributed by atoms with Crippen LogP contribution < -0.4 is 16.0 Å². The molecule has 37 heavy (non-hydrogen) atoms. The predicted octanol–water partition coefficient (Wildman–Crippen LogP) is 7.80. The molecule has 8 heteroatoms. The van der Waals surface area contributed by atoms with Gasteiger partial charge in [0, 0.05) is 41.7 Å². The molecule has 2 amide bonds. The number of anilines is 1. The Bertz CT molecular complexity index is 998. The van der Waals surface area contributed by atoms with E-state index >= 15 is 0 Å². The molecule has 2 aromatic carbocycles. The largest absolute Gasteiger partial charge is 0.356 e. The summed E-state index contributed by atoms with van der Waals surface area (Å²) in [5, 5.41) is 10.7. The van der Waals surface area contributed by atoms with Crippen molar-refractivity contribution < 1.29 is 9.59 Å². The van der Waals surface area contributed by atoms with Gasteiger partial charge in [0.15, 0.2) is 0 Å². The van der Waals surface area contributed by atoms with Gasteiger partial charge in [-0.2, -0.15) is 0 Å². The van der Waals surface area contributed by atoms with Gasteiger partial charge in [0.25, 0.3) is 0 Å². The second kappa shape index (κ2) is 15.6. The Balaban J connectivity index is 0.000000283. The van der Waals surface area contributed by atoms with Crippen molar-refractivity contribution in [3.63, 3.8) is 0 Å². The Morgan fingerprint density at radius 2 is 1.49 bits per heavy atom. The molecule has 3 N–H and O–H groups in total. The number of hydrogen-bond donors (Lipinski definition) is 3. The van der Waals surface area contributed by atoms with Crippen molar-refractivity contribution in [2.75, 3.05) is 18.4 Å². The smallest absolute Gasteiger partial charge is 0.211 e. The fourth-order valence-electron chi connectivity index (χ4n) is 4.54. The van der Waals surface area contributed by atoms with E-state index in [9.17, 15) is 9.59 Å². The SMILES string of the molecule is CC(C)(C)C.O=CNC1CCCCC1.O=CNc1cc(Cl)ccc1C1CNCC1c1cccc(Cl)c1Cl. The van der Waals surface area contributed by atoms with E-state index in [1.54, 1.807) is 12.1 Å². The van der Waals surface area contributed by atoms with Crippen molar-refractivity contribution in [3.05, 3.63) is 62.6 Å². The van der Waals surface area contributed by atoms with Crippen LogP contribution in [0.3, 0.4) is 0 Å². The number of amides is 2. The van der Waals surface area contributed by atoms with Crippen LogP contribution in [0.2, 0.25) is 15.1 Å². The molecule has 0 radical (unpaired) electrons. The zero-order chi connectivity index (χ0) is 27.4. The van der Waals surface area contributed by atoms with E-state index in [1.807, 2.05) is 24.3 Å². The number of halogens is 3. The normalized spacial score (nSPS) is 19.5. The second-order valence-corrected chi connectivity index (χ2v) is 12.3. The van der Waals surface area contributed by atoms with Crippen molar-refractivity contribution in [1.82, 2.24) is 10.6 Å². The van der Waals surface area contributed by atoms with Gasteiger partial charge in [-0.05, 0) is 47.6 Å². The van der Waals surface area contributed by atoms with Crippen molar-refractivity contribution >= 4 is 53.3 Å². The van der Waals surface area contributed by atoms with Gasteiger partial charge in [-0.3, -0.25) is 9.59 Å². The van der Waals surface area contributed by atoms with Crippen LogP contribution in [0.5, 0.6) is 0 Å².